The van der Waals surface area contributed by atoms with Crippen molar-refractivity contribution in [2.24, 2.45) is 0 Å². The van der Waals surface area contributed by atoms with Crippen LogP contribution in [-0.4, -0.2) is 37.7 Å². The maximum absolute atomic E-state index is 9.43. The molecule has 3 nitrogen and oxygen atoms in total. The largest absolute Gasteiger partial charge is 0.491 e. The third-order valence-electron chi connectivity index (χ3n) is 2.41. The molecule has 0 aromatic rings. The fourth-order valence-electron chi connectivity index (χ4n) is 1.80. The van der Waals surface area contributed by atoms with E-state index in [2.05, 4.69) is 6.20 Å². The summed E-state index contributed by atoms with van der Waals surface area (Å²) in [5.41, 5.74) is 3.40. The van der Waals surface area contributed by atoms with Gasteiger partial charge >= 0.3 is 7.12 Å². The Kier molecular flexibility index (Phi) is 2.48. The second-order valence-electron chi connectivity index (χ2n) is 3.90. The monoisotopic (exact) mass is 191 g/mol. The van der Waals surface area contributed by atoms with Gasteiger partial charge in [-0.2, -0.15) is 0 Å². The van der Waals surface area contributed by atoms with Crippen molar-refractivity contribution in [3.05, 3.63) is 35.0 Å². The van der Waals surface area contributed by atoms with Crippen molar-refractivity contribution in [1.82, 2.24) is 4.90 Å². The van der Waals surface area contributed by atoms with Crippen LogP contribution in [0.3, 0.4) is 0 Å². The van der Waals surface area contributed by atoms with Crippen molar-refractivity contribution in [3.8, 4) is 0 Å². The minimum absolute atomic E-state index is 0.561. The van der Waals surface area contributed by atoms with E-state index >= 15 is 0 Å². The van der Waals surface area contributed by atoms with Gasteiger partial charge in [0.1, 0.15) is 0 Å². The Hall–Kier alpha value is -0.995. The van der Waals surface area contributed by atoms with Gasteiger partial charge in [0.2, 0.25) is 0 Å². The van der Waals surface area contributed by atoms with Crippen LogP contribution in [0.25, 0.3) is 0 Å². The summed E-state index contributed by atoms with van der Waals surface area (Å²) < 4.78 is 5.14. The summed E-state index contributed by atoms with van der Waals surface area (Å²) in [6.07, 6.45) is 6.97. The van der Waals surface area contributed by atoms with Crippen molar-refractivity contribution < 1.29 is 9.68 Å². The maximum Gasteiger partial charge on any atom is 0.491 e. The molecule has 0 fully saturated rings. The zero-order valence-corrected chi connectivity index (χ0v) is 8.53. The number of allylic oxidation sites excluding steroid dienone is 4. The normalized spacial score (nSPS) is 23.4. The molecule has 0 unspecified atom stereocenters. The zero-order valence-electron chi connectivity index (χ0n) is 8.53. The Morgan fingerprint density at radius 1 is 1.50 bits per heavy atom. The standard InChI is InChI=1S/C10H14BNO2/c1-12(2)6-8-3-4-10-9(5-8)7-14-11(10)13/h3-4,6,13H,5,7H2,1-2H3. The molecule has 0 saturated heterocycles. The molecule has 0 atom stereocenters. The van der Waals surface area contributed by atoms with Crippen molar-refractivity contribution in [1.29, 1.82) is 0 Å². The molecule has 0 aromatic heterocycles. The lowest BCUT2D eigenvalue weighted by Gasteiger charge is -2.13. The first-order chi connectivity index (χ1) is 6.66. The van der Waals surface area contributed by atoms with Gasteiger partial charge in [-0.05, 0) is 23.0 Å². The molecule has 0 saturated carbocycles. The van der Waals surface area contributed by atoms with E-state index in [0.717, 1.165) is 11.9 Å². The lowest BCUT2D eigenvalue weighted by molar-refractivity contribution is 0.308. The van der Waals surface area contributed by atoms with E-state index in [-0.39, 0.29) is 0 Å². The van der Waals surface area contributed by atoms with Gasteiger partial charge < -0.3 is 14.6 Å². The Bertz CT molecular complexity index is 331. The fourth-order valence-corrected chi connectivity index (χ4v) is 1.80. The van der Waals surface area contributed by atoms with E-state index in [9.17, 15) is 5.02 Å². The molecule has 4 heteroatoms. The summed E-state index contributed by atoms with van der Waals surface area (Å²) in [5.74, 6) is 0. The Morgan fingerprint density at radius 3 is 3.00 bits per heavy atom. The lowest BCUT2D eigenvalue weighted by atomic mass is 9.75. The highest BCUT2D eigenvalue weighted by Crippen LogP contribution is 2.29. The number of hydrogen-bond donors (Lipinski definition) is 1. The van der Waals surface area contributed by atoms with Gasteiger partial charge in [0, 0.05) is 20.3 Å². The first-order valence-corrected chi connectivity index (χ1v) is 4.73. The molecule has 0 aromatic carbocycles. The van der Waals surface area contributed by atoms with Crippen LogP contribution in [0, 0.1) is 0 Å². The van der Waals surface area contributed by atoms with E-state index < -0.39 is 7.12 Å². The highest BCUT2D eigenvalue weighted by molar-refractivity contribution is 6.54. The molecule has 2 aliphatic rings. The Balaban J connectivity index is 2.16. The van der Waals surface area contributed by atoms with Crippen molar-refractivity contribution >= 4 is 7.12 Å². The summed E-state index contributed by atoms with van der Waals surface area (Å²) in [6, 6.07) is 0. The summed E-state index contributed by atoms with van der Waals surface area (Å²) in [7, 11) is 3.30. The van der Waals surface area contributed by atoms with Crippen LogP contribution in [0.4, 0.5) is 0 Å². The Morgan fingerprint density at radius 2 is 2.29 bits per heavy atom. The van der Waals surface area contributed by atoms with Gasteiger partial charge in [0.05, 0.1) is 6.61 Å². The number of hydrogen-bond acceptors (Lipinski definition) is 3. The van der Waals surface area contributed by atoms with E-state index in [1.165, 1.54) is 11.1 Å². The number of nitrogens with zero attached hydrogens (tertiary/aromatic N) is 1. The van der Waals surface area contributed by atoms with Crippen LogP contribution in [0.5, 0.6) is 0 Å². The molecule has 0 bridgehead atoms. The van der Waals surface area contributed by atoms with Gasteiger partial charge in [-0.25, -0.2) is 0 Å². The molecule has 0 amide bonds. The van der Waals surface area contributed by atoms with E-state index in [0.29, 0.717) is 6.61 Å². The van der Waals surface area contributed by atoms with E-state index in [4.69, 9.17) is 4.65 Å². The minimum atomic E-state index is -0.706. The van der Waals surface area contributed by atoms with Crippen LogP contribution in [0.1, 0.15) is 6.42 Å². The molecule has 1 heterocycles. The molecule has 74 valence electrons. The molecule has 2 rings (SSSR count). The third kappa shape index (κ3) is 1.76. The molecule has 0 spiro atoms. The molecule has 14 heavy (non-hydrogen) atoms. The molecular formula is C10H14BNO2. The van der Waals surface area contributed by atoms with Gasteiger partial charge in [-0.1, -0.05) is 12.2 Å². The topological polar surface area (TPSA) is 32.7 Å². The quantitative estimate of drug-likeness (QED) is 0.620. The van der Waals surface area contributed by atoms with Gasteiger partial charge in [0.15, 0.2) is 0 Å². The van der Waals surface area contributed by atoms with Crippen LogP contribution in [0.15, 0.2) is 35.0 Å². The fraction of sp³-hybridized carbons (Fsp3) is 0.400. The zero-order chi connectivity index (χ0) is 10.1. The molecular weight excluding hydrogens is 177 g/mol. The minimum Gasteiger partial charge on any atom is -0.423 e. The first-order valence-electron chi connectivity index (χ1n) is 4.73. The molecule has 1 aliphatic carbocycles. The van der Waals surface area contributed by atoms with E-state index in [1.807, 2.05) is 31.1 Å². The van der Waals surface area contributed by atoms with Gasteiger partial charge in [-0.3, -0.25) is 0 Å². The maximum atomic E-state index is 9.43. The van der Waals surface area contributed by atoms with Crippen molar-refractivity contribution in [3.63, 3.8) is 0 Å². The predicted molar refractivity (Wildman–Crippen MR) is 56.5 cm³/mol. The van der Waals surface area contributed by atoms with Crippen LogP contribution in [0.2, 0.25) is 0 Å². The lowest BCUT2D eigenvalue weighted by Crippen LogP contribution is -2.14. The van der Waals surface area contributed by atoms with Crippen LogP contribution in [-0.2, 0) is 4.65 Å². The van der Waals surface area contributed by atoms with Crippen molar-refractivity contribution in [2.45, 2.75) is 6.42 Å². The summed E-state index contributed by atoms with van der Waals surface area (Å²) in [6.45, 7) is 0.561. The highest BCUT2D eigenvalue weighted by atomic mass is 16.5. The van der Waals surface area contributed by atoms with Gasteiger partial charge in [-0.15, -0.1) is 0 Å². The first kappa shape index (κ1) is 9.56. The molecule has 0 radical (unpaired) electrons. The predicted octanol–water partition coefficient (Wildman–Crippen LogP) is 0.738. The van der Waals surface area contributed by atoms with Crippen molar-refractivity contribution in [2.75, 3.05) is 20.7 Å². The number of rotatable bonds is 1. The summed E-state index contributed by atoms with van der Waals surface area (Å²) in [5, 5.41) is 9.43. The molecule has 1 aliphatic heterocycles. The summed E-state index contributed by atoms with van der Waals surface area (Å²) in [4.78, 5) is 2.03. The second-order valence-corrected chi connectivity index (χ2v) is 3.90. The Labute approximate surface area is 84.5 Å². The van der Waals surface area contributed by atoms with Crippen LogP contribution < -0.4 is 0 Å². The average Bonchev–Trinajstić information content (AvgIpc) is 2.46. The summed E-state index contributed by atoms with van der Waals surface area (Å²) >= 11 is 0. The molecule has 1 N–H and O–H groups in total. The second kappa shape index (κ2) is 3.63. The smallest absolute Gasteiger partial charge is 0.423 e. The SMILES string of the molecule is CN(C)C=C1C=CC2=C(COB2O)C1. The third-order valence-corrected chi connectivity index (χ3v) is 2.41. The van der Waals surface area contributed by atoms with Crippen LogP contribution >= 0.6 is 0 Å². The van der Waals surface area contributed by atoms with Gasteiger partial charge in [0.25, 0.3) is 0 Å². The highest BCUT2D eigenvalue weighted by Gasteiger charge is 2.30. The average molecular weight is 191 g/mol. The van der Waals surface area contributed by atoms with E-state index in [1.54, 1.807) is 0 Å².